The molecular weight excluding hydrogens is 474 g/mol. The minimum Gasteiger partial charge on any atom is -0.494 e. The predicted octanol–water partition coefficient (Wildman–Crippen LogP) is 4.58. The fraction of sp³-hybridized carbons (Fsp3) is 0.333. The van der Waals surface area contributed by atoms with E-state index in [0.29, 0.717) is 40.4 Å². The standard InChI is InChI=1S/C24H26ClN5O3S/c1-3-33-19-12-10-18(11-13-19)26-21(31)15-34-24-28-27-22(29(24)2)20-5-4-14-30(20)23(32)16-6-8-17(25)9-7-16/h6-13,20H,3-5,14-15H2,1-2H3,(H,26,31). The van der Waals surface area contributed by atoms with Crippen LogP contribution < -0.4 is 10.1 Å². The highest BCUT2D eigenvalue weighted by Crippen LogP contribution is 2.33. The van der Waals surface area contributed by atoms with E-state index in [1.165, 1.54) is 11.8 Å². The molecule has 2 amide bonds. The summed E-state index contributed by atoms with van der Waals surface area (Å²) in [5.74, 6) is 1.48. The summed E-state index contributed by atoms with van der Waals surface area (Å²) in [6.07, 6.45) is 1.71. The number of nitrogens with one attached hydrogen (secondary N) is 1. The van der Waals surface area contributed by atoms with Crippen molar-refractivity contribution < 1.29 is 14.3 Å². The second-order valence-electron chi connectivity index (χ2n) is 7.86. The van der Waals surface area contributed by atoms with Gasteiger partial charge in [-0.05, 0) is 68.3 Å². The SMILES string of the molecule is CCOc1ccc(NC(=O)CSc2nnc(C3CCCN3C(=O)c3ccc(Cl)cc3)n2C)cc1. The highest BCUT2D eigenvalue weighted by molar-refractivity contribution is 7.99. The van der Waals surface area contributed by atoms with E-state index < -0.39 is 0 Å². The molecule has 8 nitrogen and oxygen atoms in total. The lowest BCUT2D eigenvalue weighted by Crippen LogP contribution is -2.31. The van der Waals surface area contributed by atoms with E-state index in [1.54, 1.807) is 36.4 Å². The Hall–Kier alpha value is -3.04. The summed E-state index contributed by atoms with van der Waals surface area (Å²) in [5, 5.41) is 12.7. The molecular formula is C24H26ClN5O3S. The van der Waals surface area contributed by atoms with Crippen LogP contribution in [0.3, 0.4) is 0 Å². The van der Waals surface area contributed by atoms with Crippen LogP contribution in [0.4, 0.5) is 5.69 Å². The molecule has 2 aromatic carbocycles. The second kappa shape index (κ2) is 10.9. The molecule has 0 saturated carbocycles. The van der Waals surface area contributed by atoms with Crippen molar-refractivity contribution >= 4 is 40.9 Å². The molecule has 1 saturated heterocycles. The molecule has 1 unspecified atom stereocenters. The van der Waals surface area contributed by atoms with Crippen molar-refractivity contribution in [2.45, 2.75) is 31.0 Å². The van der Waals surface area contributed by atoms with Gasteiger partial charge in [-0.15, -0.1) is 10.2 Å². The summed E-state index contributed by atoms with van der Waals surface area (Å²) in [4.78, 5) is 27.3. The van der Waals surface area contributed by atoms with Crippen LogP contribution >= 0.6 is 23.4 Å². The Bertz CT molecular complexity index is 1150. The number of rotatable bonds is 8. The number of nitrogens with zero attached hydrogens (tertiary/aromatic N) is 4. The molecule has 4 rings (SSSR count). The number of carbonyl (C=O) groups excluding carboxylic acids is 2. The first kappa shape index (κ1) is 24.1. The van der Waals surface area contributed by atoms with Crippen LogP contribution in [0.5, 0.6) is 5.75 Å². The lowest BCUT2D eigenvalue weighted by Gasteiger charge is -2.24. The van der Waals surface area contributed by atoms with Crippen molar-refractivity contribution in [1.29, 1.82) is 0 Å². The highest BCUT2D eigenvalue weighted by Gasteiger charge is 2.34. The van der Waals surface area contributed by atoms with Gasteiger partial charge in [0.2, 0.25) is 5.91 Å². The van der Waals surface area contributed by atoms with Crippen LogP contribution in [-0.2, 0) is 11.8 Å². The lowest BCUT2D eigenvalue weighted by molar-refractivity contribution is -0.113. The van der Waals surface area contributed by atoms with E-state index in [1.807, 2.05) is 35.6 Å². The number of hydrogen-bond acceptors (Lipinski definition) is 6. The Kier molecular flexibility index (Phi) is 7.74. The minimum absolute atomic E-state index is 0.0499. The second-order valence-corrected chi connectivity index (χ2v) is 9.24. The smallest absolute Gasteiger partial charge is 0.254 e. The number of ether oxygens (including phenoxy) is 1. The van der Waals surface area contributed by atoms with Crippen LogP contribution in [0.25, 0.3) is 0 Å². The van der Waals surface area contributed by atoms with Crippen molar-refractivity contribution in [2.24, 2.45) is 7.05 Å². The molecule has 2 heterocycles. The van der Waals surface area contributed by atoms with Crippen molar-refractivity contribution in [3.05, 3.63) is 64.9 Å². The molecule has 0 spiro atoms. The first-order valence-corrected chi connectivity index (χ1v) is 12.4. The van der Waals surface area contributed by atoms with Crippen LogP contribution in [0, 0.1) is 0 Å². The van der Waals surface area contributed by atoms with Gasteiger partial charge in [-0.3, -0.25) is 9.59 Å². The van der Waals surface area contributed by atoms with Crippen molar-refractivity contribution in [3.63, 3.8) is 0 Å². The number of hydrogen-bond donors (Lipinski definition) is 1. The summed E-state index contributed by atoms with van der Waals surface area (Å²) in [6.45, 7) is 3.18. The van der Waals surface area contributed by atoms with Gasteiger partial charge < -0.3 is 19.5 Å². The van der Waals surface area contributed by atoms with E-state index in [-0.39, 0.29) is 23.6 Å². The molecule has 1 aliphatic heterocycles. The first-order chi connectivity index (χ1) is 16.5. The van der Waals surface area contributed by atoms with E-state index >= 15 is 0 Å². The average Bonchev–Trinajstić information content (AvgIpc) is 3.45. The summed E-state index contributed by atoms with van der Waals surface area (Å²) in [7, 11) is 1.87. The zero-order valence-electron chi connectivity index (χ0n) is 19.0. The fourth-order valence-electron chi connectivity index (χ4n) is 3.91. The Morgan fingerprint density at radius 1 is 1.15 bits per heavy atom. The Morgan fingerprint density at radius 3 is 2.59 bits per heavy atom. The third-order valence-corrected chi connectivity index (χ3v) is 6.83. The van der Waals surface area contributed by atoms with Gasteiger partial charge in [0.1, 0.15) is 5.75 Å². The highest BCUT2D eigenvalue weighted by atomic mass is 35.5. The molecule has 0 bridgehead atoms. The topological polar surface area (TPSA) is 89.3 Å². The van der Waals surface area contributed by atoms with Gasteiger partial charge in [-0.25, -0.2) is 0 Å². The Morgan fingerprint density at radius 2 is 1.88 bits per heavy atom. The molecule has 34 heavy (non-hydrogen) atoms. The number of likely N-dealkylation sites (tertiary alicyclic amines) is 1. The summed E-state index contributed by atoms with van der Waals surface area (Å²) >= 11 is 7.26. The van der Waals surface area contributed by atoms with Gasteiger partial charge in [0.05, 0.1) is 18.4 Å². The van der Waals surface area contributed by atoms with E-state index in [0.717, 1.165) is 18.6 Å². The summed E-state index contributed by atoms with van der Waals surface area (Å²) in [5.41, 5.74) is 1.30. The van der Waals surface area contributed by atoms with Gasteiger partial charge in [0, 0.05) is 29.9 Å². The minimum atomic E-state index is -0.160. The fourth-order valence-corrected chi connectivity index (χ4v) is 4.75. The van der Waals surface area contributed by atoms with Crippen molar-refractivity contribution in [2.75, 3.05) is 24.2 Å². The number of halogens is 1. The van der Waals surface area contributed by atoms with Crippen LogP contribution in [0.15, 0.2) is 53.7 Å². The summed E-state index contributed by atoms with van der Waals surface area (Å²) in [6, 6.07) is 14.0. The van der Waals surface area contributed by atoms with Gasteiger partial charge in [0.25, 0.3) is 5.91 Å². The normalized spacial score (nSPS) is 15.4. The Labute approximate surface area is 207 Å². The molecule has 1 aromatic heterocycles. The number of amides is 2. The van der Waals surface area contributed by atoms with E-state index in [9.17, 15) is 9.59 Å². The maximum Gasteiger partial charge on any atom is 0.254 e. The van der Waals surface area contributed by atoms with Gasteiger partial charge in [-0.1, -0.05) is 23.4 Å². The van der Waals surface area contributed by atoms with Gasteiger partial charge in [0.15, 0.2) is 11.0 Å². The lowest BCUT2D eigenvalue weighted by atomic mass is 10.1. The largest absolute Gasteiger partial charge is 0.494 e. The van der Waals surface area contributed by atoms with Crippen LogP contribution in [0.1, 0.15) is 42.0 Å². The average molecular weight is 500 g/mol. The number of thioether (sulfide) groups is 1. The molecule has 0 radical (unpaired) electrons. The third-order valence-electron chi connectivity index (χ3n) is 5.55. The van der Waals surface area contributed by atoms with Crippen LogP contribution in [-0.4, -0.2) is 50.4 Å². The van der Waals surface area contributed by atoms with Crippen molar-refractivity contribution in [3.8, 4) is 5.75 Å². The monoisotopic (exact) mass is 499 g/mol. The van der Waals surface area contributed by atoms with E-state index in [2.05, 4.69) is 15.5 Å². The third kappa shape index (κ3) is 5.53. The van der Waals surface area contributed by atoms with Gasteiger partial charge in [-0.2, -0.15) is 0 Å². The first-order valence-electron chi connectivity index (χ1n) is 11.1. The van der Waals surface area contributed by atoms with Gasteiger partial charge >= 0.3 is 0 Å². The quantitative estimate of drug-likeness (QED) is 0.456. The molecule has 1 N–H and O–H groups in total. The molecule has 0 aliphatic carbocycles. The maximum atomic E-state index is 13.1. The molecule has 3 aromatic rings. The number of carbonyl (C=O) groups is 2. The molecule has 1 fully saturated rings. The number of aromatic nitrogens is 3. The Balaban J connectivity index is 1.37. The molecule has 178 valence electrons. The zero-order chi connectivity index (χ0) is 24.1. The zero-order valence-corrected chi connectivity index (χ0v) is 20.6. The van der Waals surface area contributed by atoms with Crippen LogP contribution in [0.2, 0.25) is 5.02 Å². The predicted molar refractivity (Wildman–Crippen MR) is 132 cm³/mol. The number of benzene rings is 2. The van der Waals surface area contributed by atoms with E-state index in [4.69, 9.17) is 16.3 Å². The maximum absolute atomic E-state index is 13.1. The summed E-state index contributed by atoms with van der Waals surface area (Å²) < 4.78 is 7.28. The number of anilines is 1. The van der Waals surface area contributed by atoms with Crippen molar-refractivity contribution in [1.82, 2.24) is 19.7 Å². The molecule has 10 heteroatoms. The molecule has 1 aliphatic rings. The molecule has 1 atom stereocenters.